The van der Waals surface area contributed by atoms with Gasteiger partial charge in [0, 0.05) is 6.54 Å². The molecule has 0 saturated heterocycles. The maximum absolute atomic E-state index is 5.36. The van der Waals surface area contributed by atoms with Crippen LogP contribution in [0.2, 0.25) is 0 Å². The Hall–Kier alpha value is -2.47. The Morgan fingerprint density at radius 1 is 1.09 bits per heavy atom. The van der Waals surface area contributed by atoms with E-state index in [1.165, 1.54) is 5.56 Å². The van der Waals surface area contributed by atoms with E-state index in [4.69, 9.17) is 21.7 Å². The summed E-state index contributed by atoms with van der Waals surface area (Å²) < 4.78 is 10.7. The molecule has 2 aromatic rings. The molecule has 1 heterocycles. The van der Waals surface area contributed by atoms with Gasteiger partial charge in [0.2, 0.25) is 6.79 Å². The lowest BCUT2D eigenvalue weighted by Gasteiger charge is -2.14. The Labute approximate surface area is 141 Å². The van der Waals surface area contributed by atoms with E-state index in [1.807, 2.05) is 25.1 Å². The fraction of sp³-hybridized carbons (Fsp3) is 0.235. The molecule has 1 aliphatic rings. The van der Waals surface area contributed by atoms with Crippen LogP contribution in [-0.2, 0) is 6.54 Å². The van der Waals surface area contributed by atoms with Crippen LogP contribution >= 0.6 is 12.2 Å². The maximum Gasteiger partial charge on any atom is 0.231 e. The first-order valence-corrected chi connectivity index (χ1v) is 7.78. The number of rotatable bonds is 4. The van der Waals surface area contributed by atoms with Gasteiger partial charge in [0.1, 0.15) is 0 Å². The molecule has 0 fully saturated rings. The molecule has 0 saturated carbocycles. The largest absolute Gasteiger partial charge is 0.454 e. The van der Waals surface area contributed by atoms with Gasteiger partial charge in [0.25, 0.3) is 0 Å². The molecule has 1 aliphatic heterocycles. The van der Waals surface area contributed by atoms with Crippen molar-refractivity contribution in [1.29, 1.82) is 0 Å². The number of anilines is 1. The third kappa shape index (κ3) is 3.84. The van der Waals surface area contributed by atoms with E-state index in [1.54, 1.807) is 0 Å². The summed E-state index contributed by atoms with van der Waals surface area (Å²) >= 11 is 5.29. The summed E-state index contributed by atoms with van der Waals surface area (Å²) in [6.07, 6.45) is 0. The van der Waals surface area contributed by atoms with Crippen LogP contribution in [0.4, 0.5) is 5.69 Å². The van der Waals surface area contributed by atoms with Crippen molar-refractivity contribution in [3.05, 3.63) is 53.1 Å². The zero-order chi connectivity index (χ0) is 16.2. The Morgan fingerprint density at radius 2 is 1.91 bits per heavy atom. The molecule has 3 N–H and O–H groups in total. The molecule has 0 spiro atoms. The Morgan fingerprint density at radius 3 is 2.78 bits per heavy atom. The molecule has 3 rings (SSSR count). The molecule has 2 aromatic carbocycles. The SMILES string of the molecule is Cc1ccc(C)c(NNC(=S)NCc2ccc3c(c2)OCO3)c1. The molecule has 5 nitrogen and oxygen atoms in total. The number of nitrogens with one attached hydrogen (secondary N) is 3. The van der Waals surface area contributed by atoms with Crippen molar-refractivity contribution in [3.8, 4) is 11.5 Å². The maximum atomic E-state index is 5.36. The molecule has 0 atom stereocenters. The van der Waals surface area contributed by atoms with Gasteiger partial charge in [-0.2, -0.15) is 0 Å². The Bertz CT molecular complexity index is 734. The number of fused-ring (bicyclic) bond motifs is 1. The highest BCUT2D eigenvalue weighted by molar-refractivity contribution is 7.80. The molecule has 0 aromatic heterocycles. The first-order valence-electron chi connectivity index (χ1n) is 7.37. The van der Waals surface area contributed by atoms with Crippen LogP contribution in [-0.4, -0.2) is 11.9 Å². The second kappa shape index (κ2) is 6.75. The van der Waals surface area contributed by atoms with Gasteiger partial charge in [0.15, 0.2) is 16.6 Å². The topological polar surface area (TPSA) is 54.5 Å². The number of hydrogen-bond donors (Lipinski definition) is 3. The zero-order valence-corrected chi connectivity index (χ0v) is 13.9. The molecule has 0 amide bonds. The molecular formula is C17H19N3O2S. The van der Waals surface area contributed by atoms with Gasteiger partial charge >= 0.3 is 0 Å². The third-order valence-electron chi connectivity index (χ3n) is 3.59. The van der Waals surface area contributed by atoms with Crippen LogP contribution < -0.4 is 25.6 Å². The molecule has 6 heteroatoms. The smallest absolute Gasteiger partial charge is 0.231 e. The Kier molecular flexibility index (Phi) is 4.52. The lowest BCUT2D eigenvalue weighted by molar-refractivity contribution is 0.174. The van der Waals surface area contributed by atoms with E-state index in [-0.39, 0.29) is 6.79 Å². The number of benzene rings is 2. The minimum absolute atomic E-state index is 0.284. The van der Waals surface area contributed by atoms with E-state index in [0.29, 0.717) is 11.7 Å². The average molecular weight is 329 g/mol. The van der Waals surface area contributed by atoms with E-state index < -0.39 is 0 Å². The highest BCUT2D eigenvalue weighted by Crippen LogP contribution is 2.32. The van der Waals surface area contributed by atoms with Gasteiger partial charge in [-0.05, 0) is 61.0 Å². The van der Waals surface area contributed by atoms with Crippen molar-refractivity contribution in [3.63, 3.8) is 0 Å². The quantitative estimate of drug-likeness (QED) is 0.592. The van der Waals surface area contributed by atoms with E-state index in [0.717, 1.165) is 28.3 Å². The summed E-state index contributed by atoms with van der Waals surface area (Å²) in [4.78, 5) is 0. The van der Waals surface area contributed by atoms with E-state index in [9.17, 15) is 0 Å². The van der Waals surface area contributed by atoms with Crippen LogP contribution in [0, 0.1) is 13.8 Å². The second-order valence-electron chi connectivity index (χ2n) is 5.44. The summed E-state index contributed by atoms with van der Waals surface area (Å²) in [5, 5.41) is 3.69. The van der Waals surface area contributed by atoms with Crippen molar-refractivity contribution in [2.24, 2.45) is 0 Å². The summed E-state index contributed by atoms with van der Waals surface area (Å²) in [6.45, 7) is 5.00. The fourth-order valence-corrected chi connectivity index (χ4v) is 2.40. The average Bonchev–Trinajstić information content (AvgIpc) is 3.01. The molecular weight excluding hydrogens is 310 g/mol. The lowest BCUT2D eigenvalue weighted by atomic mass is 10.1. The van der Waals surface area contributed by atoms with E-state index >= 15 is 0 Å². The minimum Gasteiger partial charge on any atom is -0.454 e. The van der Waals surface area contributed by atoms with Crippen LogP contribution in [0.1, 0.15) is 16.7 Å². The number of thiocarbonyl (C=S) groups is 1. The fourth-order valence-electron chi connectivity index (χ4n) is 2.27. The summed E-state index contributed by atoms with van der Waals surface area (Å²) in [7, 11) is 0. The van der Waals surface area contributed by atoms with Gasteiger partial charge in [-0.25, -0.2) is 0 Å². The van der Waals surface area contributed by atoms with Crippen LogP contribution in [0.15, 0.2) is 36.4 Å². The van der Waals surface area contributed by atoms with Gasteiger partial charge in [0.05, 0.1) is 5.69 Å². The molecule has 0 aliphatic carbocycles. The first kappa shape index (κ1) is 15.4. The zero-order valence-electron chi connectivity index (χ0n) is 13.1. The highest BCUT2D eigenvalue weighted by atomic mass is 32.1. The number of ether oxygens (including phenoxy) is 2. The van der Waals surface area contributed by atoms with Crippen molar-refractivity contribution in [2.45, 2.75) is 20.4 Å². The normalized spacial score (nSPS) is 11.9. The van der Waals surface area contributed by atoms with Crippen LogP contribution in [0.3, 0.4) is 0 Å². The lowest BCUT2D eigenvalue weighted by Crippen LogP contribution is -2.38. The van der Waals surface area contributed by atoms with Gasteiger partial charge in [-0.15, -0.1) is 0 Å². The van der Waals surface area contributed by atoms with Gasteiger partial charge in [-0.3, -0.25) is 10.9 Å². The Balaban J connectivity index is 1.51. The van der Waals surface area contributed by atoms with Crippen molar-refractivity contribution >= 4 is 23.0 Å². The molecule has 120 valence electrons. The molecule has 0 bridgehead atoms. The van der Waals surface area contributed by atoms with Gasteiger partial charge in [-0.1, -0.05) is 18.2 Å². The predicted octanol–water partition coefficient (Wildman–Crippen LogP) is 3.02. The third-order valence-corrected chi connectivity index (χ3v) is 3.84. The minimum atomic E-state index is 0.284. The summed E-state index contributed by atoms with van der Waals surface area (Å²) in [5.74, 6) is 1.56. The summed E-state index contributed by atoms with van der Waals surface area (Å²) in [5.41, 5.74) is 10.6. The second-order valence-corrected chi connectivity index (χ2v) is 5.85. The van der Waals surface area contributed by atoms with Crippen LogP contribution in [0.5, 0.6) is 11.5 Å². The standard InChI is InChI=1S/C17H19N3O2S/c1-11-3-4-12(2)14(7-11)19-20-17(23)18-9-13-5-6-15-16(8-13)22-10-21-15/h3-8,19H,9-10H2,1-2H3,(H2,18,20,23). The van der Waals surface area contributed by atoms with Crippen LogP contribution in [0.25, 0.3) is 0 Å². The monoisotopic (exact) mass is 329 g/mol. The predicted molar refractivity (Wildman–Crippen MR) is 94.7 cm³/mol. The highest BCUT2D eigenvalue weighted by Gasteiger charge is 2.13. The number of hydrogen-bond acceptors (Lipinski definition) is 4. The molecule has 23 heavy (non-hydrogen) atoms. The van der Waals surface area contributed by atoms with Crippen molar-refractivity contribution < 1.29 is 9.47 Å². The van der Waals surface area contributed by atoms with Crippen molar-refractivity contribution in [1.82, 2.24) is 10.7 Å². The number of aryl methyl sites for hydroxylation is 2. The summed E-state index contributed by atoms with van der Waals surface area (Å²) in [6, 6.07) is 12.1. The van der Waals surface area contributed by atoms with Gasteiger partial charge < -0.3 is 14.8 Å². The molecule has 0 unspecified atom stereocenters. The first-order chi connectivity index (χ1) is 11.1. The number of hydrazine groups is 1. The molecule has 0 radical (unpaired) electrons. The van der Waals surface area contributed by atoms with E-state index in [2.05, 4.69) is 41.3 Å². The van der Waals surface area contributed by atoms with Crippen molar-refractivity contribution in [2.75, 3.05) is 12.2 Å².